The molecule has 128 valence electrons. The zero-order chi connectivity index (χ0) is 16.8. The van der Waals surface area contributed by atoms with E-state index in [0.29, 0.717) is 17.5 Å². The van der Waals surface area contributed by atoms with Gasteiger partial charge in [0.25, 0.3) is 0 Å². The first-order chi connectivity index (χ1) is 11.8. The molecule has 0 saturated carbocycles. The predicted octanol–water partition coefficient (Wildman–Crippen LogP) is 2.83. The van der Waals surface area contributed by atoms with Crippen LogP contribution in [-0.2, 0) is 4.74 Å². The van der Waals surface area contributed by atoms with Crippen LogP contribution < -0.4 is 20.1 Å². The predicted molar refractivity (Wildman–Crippen MR) is 92.3 cm³/mol. The van der Waals surface area contributed by atoms with Gasteiger partial charge in [-0.15, -0.1) is 0 Å². The van der Waals surface area contributed by atoms with Crippen LogP contribution in [0.4, 0.5) is 17.5 Å². The van der Waals surface area contributed by atoms with Gasteiger partial charge < -0.3 is 24.8 Å². The molecule has 1 atom stereocenters. The molecule has 1 aromatic heterocycles. The summed E-state index contributed by atoms with van der Waals surface area (Å²) in [4.78, 5) is 8.71. The number of rotatable bonds is 7. The Morgan fingerprint density at radius 3 is 2.92 bits per heavy atom. The molecule has 1 fully saturated rings. The van der Waals surface area contributed by atoms with E-state index in [4.69, 9.17) is 14.2 Å². The zero-order valence-corrected chi connectivity index (χ0v) is 13.9. The van der Waals surface area contributed by atoms with Crippen molar-refractivity contribution in [1.82, 2.24) is 9.97 Å². The smallest absolute Gasteiger partial charge is 0.224 e. The lowest BCUT2D eigenvalue weighted by Gasteiger charge is -2.13. The van der Waals surface area contributed by atoms with Crippen molar-refractivity contribution in [3.05, 3.63) is 30.5 Å². The molecular formula is C17H22N4O3. The Morgan fingerprint density at radius 1 is 1.25 bits per heavy atom. The molecule has 2 aromatic rings. The molecule has 0 aliphatic carbocycles. The van der Waals surface area contributed by atoms with Crippen LogP contribution in [0.2, 0.25) is 0 Å². The number of aromatic nitrogens is 2. The summed E-state index contributed by atoms with van der Waals surface area (Å²) in [5.74, 6) is 2.67. The van der Waals surface area contributed by atoms with E-state index >= 15 is 0 Å². The molecule has 0 spiro atoms. The van der Waals surface area contributed by atoms with Crippen LogP contribution in [0.1, 0.15) is 12.8 Å². The molecule has 3 rings (SSSR count). The van der Waals surface area contributed by atoms with Gasteiger partial charge in [0, 0.05) is 25.4 Å². The first-order valence-corrected chi connectivity index (χ1v) is 7.96. The molecule has 1 aliphatic rings. The zero-order valence-electron chi connectivity index (χ0n) is 13.9. The summed E-state index contributed by atoms with van der Waals surface area (Å²) in [6.07, 6.45) is 4.15. The second-order valence-corrected chi connectivity index (χ2v) is 5.47. The van der Waals surface area contributed by atoms with E-state index in [1.165, 1.54) is 0 Å². The van der Waals surface area contributed by atoms with Crippen molar-refractivity contribution in [3.8, 4) is 11.5 Å². The number of nitrogens with one attached hydrogen (secondary N) is 2. The first kappa shape index (κ1) is 16.3. The van der Waals surface area contributed by atoms with Crippen molar-refractivity contribution in [2.45, 2.75) is 18.9 Å². The van der Waals surface area contributed by atoms with E-state index in [-0.39, 0.29) is 6.10 Å². The third kappa shape index (κ3) is 4.05. The summed E-state index contributed by atoms with van der Waals surface area (Å²) in [6.45, 7) is 1.56. The van der Waals surface area contributed by atoms with E-state index < -0.39 is 0 Å². The maximum atomic E-state index is 5.59. The van der Waals surface area contributed by atoms with Crippen LogP contribution in [0.5, 0.6) is 11.5 Å². The van der Waals surface area contributed by atoms with Crippen LogP contribution in [0.25, 0.3) is 0 Å². The van der Waals surface area contributed by atoms with Crippen LogP contribution >= 0.6 is 0 Å². The van der Waals surface area contributed by atoms with Crippen molar-refractivity contribution in [2.24, 2.45) is 0 Å². The maximum absolute atomic E-state index is 5.59. The largest absolute Gasteiger partial charge is 0.497 e. The van der Waals surface area contributed by atoms with Crippen molar-refractivity contribution in [1.29, 1.82) is 0 Å². The summed E-state index contributed by atoms with van der Waals surface area (Å²) in [7, 11) is 3.24. The molecule has 1 aliphatic heterocycles. The summed E-state index contributed by atoms with van der Waals surface area (Å²) < 4.78 is 16.2. The summed E-state index contributed by atoms with van der Waals surface area (Å²) in [6, 6.07) is 7.38. The highest BCUT2D eigenvalue weighted by Gasteiger charge is 2.15. The molecule has 2 heterocycles. The quantitative estimate of drug-likeness (QED) is 0.808. The number of ether oxygens (including phenoxy) is 3. The van der Waals surface area contributed by atoms with Crippen molar-refractivity contribution >= 4 is 17.5 Å². The van der Waals surface area contributed by atoms with Gasteiger partial charge in [-0.25, -0.2) is 4.98 Å². The van der Waals surface area contributed by atoms with Crippen molar-refractivity contribution in [3.63, 3.8) is 0 Å². The first-order valence-electron chi connectivity index (χ1n) is 7.96. The van der Waals surface area contributed by atoms with Crippen molar-refractivity contribution < 1.29 is 14.2 Å². The van der Waals surface area contributed by atoms with Gasteiger partial charge >= 0.3 is 0 Å². The lowest BCUT2D eigenvalue weighted by atomic mass is 10.2. The fourth-order valence-electron chi connectivity index (χ4n) is 2.56. The molecule has 7 nitrogen and oxygen atoms in total. The summed E-state index contributed by atoms with van der Waals surface area (Å²) in [5, 5.41) is 6.46. The van der Waals surface area contributed by atoms with Gasteiger partial charge in [0.05, 0.1) is 26.0 Å². The Hall–Kier alpha value is -2.54. The minimum Gasteiger partial charge on any atom is -0.497 e. The third-order valence-corrected chi connectivity index (χ3v) is 3.84. The molecule has 0 radical (unpaired) electrons. The summed E-state index contributed by atoms with van der Waals surface area (Å²) >= 11 is 0. The highest BCUT2D eigenvalue weighted by atomic mass is 16.5. The van der Waals surface area contributed by atoms with E-state index in [0.717, 1.165) is 37.4 Å². The molecule has 7 heteroatoms. The van der Waals surface area contributed by atoms with Gasteiger partial charge in [0.15, 0.2) is 0 Å². The lowest BCUT2D eigenvalue weighted by molar-refractivity contribution is 0.120. The number of hydrogen-bond donors (Lipinski definition) is 2. The Labute approximate surface area is 141 Å². The molecular weight excluding hydrogens is 308 g/mol. The maximum Gasteiger partial charge on any atom is 0.224 e. The highest BCUT2D eigenvalue weighted by Crippen LogP contribution is 2.31. The minimum absolute atomic E-state index is 0.242. The normalized spacial score (nSPS) is 16.7. The monoisotopic (exact) mass is 330 g/mol. The fraction of sp³-hybridized carbons (Fsp3) is 0.412. The Balaban J connectivity index is 1.67. The van der Waals surface area contributed by atoms with Gasteiger partial charge in [-0.05, 0) is 31.0 Å². The number of benzene rings is 1. The van der Waals surface area contributed by atoms with Gasteiger partial charge in [-0.3, -0.25) is 0 Å². The molecule has 24 heavy (non-hydrogen) atoms. The third-order valence-electron chi connectivity index (χ3n) is 3.84. The van der Waals surface area contributed by atoms with Crippen LogP contribution in [0.15, 0.2) is 30.5 Å². The second-order valence-electron chi connectivity index (χ2n) is 5.47. The lowest BCUT2D eigenvalue weighted by Crippen LogP contribution is -2.19. The number of nitrogens with zero attached hydrogens (tertiary/aromatic N) is 2. The van der Waals surface area contributed by atoms with Gasteiger partial charge in [0.2, 0.25) is 5.95 Å². The number of methoxy groups -OCH3 is 2. The standard InChI is InChI=1S/C17H22N4O3/c1-22-12-5-6-14(15(10-12)23-2)20-16-7-8-18-17(21-16)19-11-13-4-3-9-24-13/h5-8,10,13H,3-4,9,11H2,1-2H3,(H2,18,19,20,21). The van der Waals surface area contributed by atoms with E-state index in [9.17, 15) is 0 Å². The molecule has 1 unspecified atom stereocenters. The van der Waals surface area contributed by atoms with Crippen LogP contribution in [-0.4, -0.2) is 43.4 Å². The molecule has 2 N–H and O–H groups in total. The van der Waals surface area contributed by atoms with Crippen molar-refractivity contribution in [2.75, 3.05) is 38.0 Å². The van der Waals surface area contributed by atoms with Crippen LogP contribution in [0, 0.1) is 0 Å². The van der Waals surface area contributed by atoms with E-state index in [1.54, 1.807) is 26.5 Å². The second kappa shape index (κ2) is 7.83. The number of hydrogen-bond acceptors (Lipinski definition) is 7. The topological polar surface area (TPSA) is 77.5 Å². The summed E-state index contributed by atoms with van der Waals surface area (Å²) in [5.41, 5.74) is 0.807. The average Bonchev–Trinajstić information content (AvgIpc) is 3.14. The van der Waals surface area contributed by atoms with Gasteiger partial charge in [0.1, 0.15) is 17.3 Å². The highest BCUT2D eigenvalue weighted by molar-refractivity contribution is 5.66. The molecule has 1 saturated heterocycles. The Bertz CT molecular complexity index is 675. The Kier molecular flexibility index (Phi) is 5.32. The minimum atomic E-state index is 0.242. The van der Waals surface area contributed by atoms with Crippen LogP contribution in [0.3, 0.4) is 0 Å². The van der Waals surface area contributed by atoms with E-state index in [2.05, 4.69) is 20.6 Å². The average molecular weight is 330 g/mol. The fourth-order valence-corrected chi connectivity index (χ4v) is 2.56. The van der Waals surface area contributed by atoms with Gasteiger partial charge in [-0.1, -0.05) is 0 Å². The van der Waals surface area contributed by atoms with Gasteiger partial charge in [-0.2, -0.15) is 4.98 Å². The Morgan fingerprint density at radius 2 is 2.17 bits per heavy atom. The molecule has 0 bridgehead atoms. The molecule has 1 aromatic carbocycles. The number of anilines is 3. The molecule has 0 amide bonds. The van der Waals surface area contributed by atoms with E-state index in [1.807, 2.05) is 18.2 Å². The SMILES string of the molecule is COc1ccc(Nc2ccnc(NCC3CCCO3)n2)c(OC)c1.